The predicted octanol–water partition coefficient (Wildman–Crippen LogP) is 5.95. The summed E-state index contributed by atoms with van der Waals surface area (Å²) in [5, 5.41) is 8.05. The van der Waals surface area contributed by atoms with E-state index in [4.69, 9.17) is 30.2 Å². The molecule has 1 amide bonds. The van der Waals surface area contributed by atoms with Gasteiger partial charge in [-0.1, -0.05) is 29.8 Å². The zero-order chi connectivity index (χ0) is 25.8. The van der Waals surface area contributed by atoms with Gasteiger partial charge in [-0.3, -0.25) is 9.48 Å². The number of furan rings is 1. The number of anilines is 1. The minimum absolute atomic E-state index is 0.152. The molecule has 2 aromatic carbocycles. The topological polar surface area (TPSA) is 87.8 Å². The van der Waals surface area contributed by atoms with Crippen molar-refractivity contribution in [3.63, 3.8) is 0 Å². The Kier molecular flexibility index (Phi) is 7.55. The average Bonchev–Trinajstić information content (AvgIpc) is 3.44. The van der Waals surface area contributed by atoms with Crippen LogP contribution in [-0.4, -0.2) is 29.9 Å². The van der Waals surface area contributed by atoms with Crippen LogP contribution < -0.4 is 19.5 Å². The fourth-order valence-corrected chi connectivity index (χ4v) is 4.16. The number of nitrogens with zero attached hydrogens (tertiary/aromatic N) is 2. The Labute approximate surface area is 214 Å². The summed E-state index contributed by atoms with van der Waals surface area (Å²) in [5.74, 6) is 2.22. The molecule has 0 spiro atoms. The largest absolute Gasteiger partial charge is 0.493 e. The van der Waals surface area contributed by atoms with Gasteiger partial charge in [0.15, 0.2) is 17.3 Å². The maximum Gasteiger partial charge on any atom is 0.291 e. The Bertz CT molecular complexity index is 1370. The number of hydrogen-bond acceptors (Lipinski definition) is 6. The highest BCUT2D eigenvalue weighted by atomic mass is 35.5. The van der Waals surface area contributed by atoms with Crippen LogP contribution in [0, 0.1) is 20.8 Å². The van der Waals surface area contributed by atoms with Crippen LogP contribution in [0.4, 0.5) is 5.69 Å². The molecule has 2 heterocycles. The van der Waals surface area contributed by atoms with Crippen molar-refractivity contribution in [2.24, 2.45) is 0 Å². The quantitative estimate of drug-likeness (QED) is 0.300. The van der Waals surface area contributed by atoms with Crippen LogP contribution in [0.2, 0.25) is 5.02 Å². The van der Waals surface area contributed by atoms with Crippen molar-refractivity contribution >= 4 is 23.2 Å². The smallest absolute Gasteiger partial charge is 0.291 e. The first kappa shape index (κ1) is 25.2. The molecule has 0 saturated heterocycles. The number of aryl methyl sites for hydroxylation is 2. The van der Waals surface area contributed by atoms with Crippen molar-refractivity contribution < 1.29 is 23.4 Å². The van der Waals surface area contributed by atoms with Gasteiger partial charge in [0.25, 0.3) is 5.91 Å². The normalized spacial score (nSPS) is 10.8. The third-order valence-electron chi connectivity index (χ3n) is 5.81. The summed E-state index contributed by atoms with van der Waals surface area (Å²) in [6, 6.07) is 14.6. The van der Waals surface area contributed by atoms with E-state index in [1.165, 1.54) is 0 Å². The molecule has 0 aliphatic heterocycles. The Balaban J connectivity index is 1.44. The van der Waals surface area contributed by atoms with Crippen LogP contribution in [0.25, 0.3) is 0 Å². The molecule has 0 atom stereocenters. The maximum absolute atomic E-state index is 12.9. The second kappa shape index (κ2) is 10.8. The van der Waals surface area contributed by atoms with E-state index in [0.29, 0.717) is 46.0 Å². The number of amides is 1. The second-order valence-electron chi connectivity index (χ2n) is 8.29. The first-order chi connectivity index (χ1) is 17.3. The summed E-state index contributed by atoms with van der Waals surface area (Å²) in [7, 11) is 3.20. The number of nitrogens with one attached hydrogen (secondary N) is 1. The molecular weight excluding hydrogens is 482 g/mol. The molecule has 0 bridgehead atoms. The zero-order valence-electron chi connectivity index (χ0n) is 20.8. The van der Waals surface area contributed by atoms with Crippen LogP contribution in [0.3, 0.4) is 0 Å². The molecule has 36 heavy (non-hydrogen) atoms. The van der Waals surface area contributed by atoms with Crippen molar-refractivity contribution in [1.29, 1.82) is 0 Å². The van der Waals surface area contributed by atoms with E-state index in [9.17, 15) is 4.79 Å². The van der Waals surface area contributed by atoms with Crippen LogP contribution in [0.5, 0.6) is 17.2 Å². The lowest BCUT2D eigenvalue weighted by atomic mass is 10.2. The molecule has 0 aliphatic rings. The molecule has 1 N–H and O–H groups in total. The standard InChI is InChI=1S/C27H28ClN3O5/c1-16-7-6-8-21(28)26(16)35-15-20-10-12-23(36-20)27(32)29-25-17(2)30-31(18(25)3)14-19-9-11-22(33-4)24(13-19)34-5/h6-13H,14-15H2,1-5H3,(H,29,32). The maximum atomic E-state index is 12.9. The lowest BCUT2D eigenvalue weighted by molar-refractivity contribution is 0.0992. The van der Waals surface area contributed by atoms with E-state index in [-0.39, 0.29) is 18.3 Å². The van der Waals surface area contributed by atoms with E-state index < -0.39 is 0 Å². The van der Waals surface area contributed by atoms with Gasteiger partial charge in [-0.2, -0.15) is 5.10 Å². The monoisotopic (exact) mass is 509 g/mol. The second-order valence-corrected chi connectivity index (χ2v) is 8.69. The highest BCUT2D eigenvalue weighted by Crippen LogP contribution is 2.30. The number of ether oxygens (including phenoxy) is 3. The van der Waals surface area contributed by atoms with Crippen LogP contribution >= 0.6 is 11.6 Å². The lowest BCUT2D eigenvalue weighted by Crippen LogP contribution is -2.12. The number of carbonyl (C=O) groups excluding carboxylic acids is 1. The molecule has 2 aromatic heterocycles. The van der Waals surface area contributed by atoms with E-state index in [1.807, 2.05) is 55.8 Å². The van der Waals surface area contributed by atoms with Gasteiger partial charge in [-0.05, 0) is 62.2 Å². The number of hydrogen-bond donors (Lipinski definition) is 1. The van der Waals surface area contributed by atoms with E-state index in [1.54, 1.807) is 32.4 Å². The Morgan fingerprint density at radius 2 is 1.83 bits per heavy atom. The van der Waals surface area contributed by atoms with Crippen molar-refractivity contribution in [3.8, 4) is 17.2 Å². The van der Waals surface area contributed by atoms with Crippen molar-refractivity contribution in [1.82, 2.24) is 9.78 Å². The van der Waals surface area contributed by atoms with Gasteiger partial charge in [-0.15, -0.1) is 0 Å². The van der Waals surface area contributed by atoms with E-state index in [2.05, 4.69) is 10.4 Å². The summed E-state index contributed by atoms with van der Waals surface area (Å²) < 4.78 is 24.1. The Morgan fingerprint density at radius 1 is 1.06 bits per heavy atom. The lowest BCUT2D eigenvalue weighted by Gasteiger charge is -2.11. The molecule has 4 aromatic rings. The molecule has 0 aliphatic carbocycles. The highest BCUT2D eigenvalue weighted by molar-refractivity contribution is 6.32. The van der Waals surface area contributed by atoms with Gasteiger partial charge in [0.05, 0.1) is 42.9 Å². The van der Waals surface area contributed by atoms with Gasteiger partial charge in [0.2, 0.25) is 0 Å². The first-order valence-electron chi connectivity index (χ1n) is 11.3. The first-order valence-corrected chi connectivity index (χ1v) is 11.7. The van der Waals surface area contributed by atoms with E-state index in [0.717, 1.165) is 16.8 Å². The fourth-order valence-electron chi connectivity index (χ4n) is 3.88. The summed E-state index contributed by atoms with van der Waals surface area (Å²) >= 11 is 6.21. The number of halogens is 1. The minimum Gasteiger partial charge on any atom is -0.493 e. The highest BCUT2D eigenvalue weighted by Gasteiger charge is 2.19. The van der Waals surface area contributed by atoms with Crippen LogP contribution in [0.15, 0.2) is 52.9 Å². The Morgan fingerprint density at radius 3 is 2.56 bits per heavy atom. The molecule has 0 fully saturated rings. The van der Waals surface area contributed by atoms with Crippen molar-refractivity contribution in [2.75, 3.05) is 19.5 Å². The summed E-state index contributed by atoms with van der Waals surface area (Å²) in [6.45, 7) is 6.33. The van der Waals surface area contributed by atoms with Gasteiger partial charge < -0.3 is 23.9 Å². The fraction of sp³-hybridized carbons (Fsp3) is 0.259. The molecule has 188 valence electrons. The minimum atomic E-state index is -0.368. The molecular formula is C27H28ClN3O5. The van der Waals surface area contributed by atoms with Gasteiger partial charge in [0, 0.05) is 0 Å². The average molecular weight is 510 g/mol. The number of carbonyl (C=O) groups is 1. The SMILES string of the molecule is COc1ccc(Cn2nc(C)c(NC(=O)c3ccc(COc4c(C)cccc4Cl)o3)c2C)cc1OC. The number of benzene rings is 2. The number of para-hydroxylation sites is 1. The third-order valence-corrected chi connectivity index (χ3v) is 6.11. The molecule has 0 saturated carbocycles. The Hall–Kier alpha value is -3.91. The van der Waals surface area contributed by atoms with Crippen molar-refractivity contribution in [3.05, 3.63) is 87.6 Å². The van der Waals surface area contributed by atoms with Crippen molar-refractivity contribution in [2.45, 2.75) is 33.9 Å². The predicted molar refractivity (Wildman–Crippen MR) is 138 cm³/mol. The zero-order valence-corrected chi connectivity index (χ0v) is 21.6. The number of aromatic nitrogens is 2. The molecule has 8 nitrogen and oxygen atoms in total. The van der Waals surface area contributed by atoms with Gasteiger partial charge >= 0.3 is 0 Å². The van der Waals surface area contributed by atoms with Gasteiger partial charge in [-0.25, -0.2) is 0 Å². The summed E-state index contributed by atoms with van der Waals surface area (Å²) in [6.07, 6.45) is 0. The molecule has 0 unspecified atom stereocenters. The third kappa shape index (κ3) is 5.33. The number of methoxy groups -OCH3 is 2. The summed E-state index contributed by atoms with van der Waals surface area (Å²) in [4.78, 5) is 12.9. The van der Waals surface area contributed by atoms with E-state index >= 15 is 0 Å². The molecule has 9 heteroatoms. The van der Waals surface area contributed by atoms with Gasteiger partial charge in [0.1, 0.15) is 18.1 Å². The van der Waals surface area contributed by atoms with Crippen LogP contribution in [0.1, 0.15) is 38.8 Å². The molecule has 4 rings (SSSR count). The number of rotatable bonds is 9. The van der Waals surface area contributed by atoms with Crippen LogP contribution in [-0.2, 0) is 13.2 Å². The summed E-state index contributed by atoms with van der Waals surface area (Å²) in [5.41, 5.74) is 4.07. The molecule has 0 radical (unpaired) electrons.